The van der Waals surface area contributed by atoms with Crippen LogP contribution in [-0.4, -0.2) is 52.5 Å². The predicted molar refractivity (Wildman–Crippen MR) is 132 cm³/mol. The zero-order valence-corrected chi connectivity index (χ0v) is 19.4. The smallest absolute Gasteiger partial charge is 0.291 e. The average molecular weight is 472 g/mol. The Morgan fingerprint density at radius 3 is 1.94 bits per heavy atom. The SMILES string of the molecule is CC(CO)(CO)NCc1cc2c3ccccc3ccc2c2ccccc12.CC(O)S(=O)(=O)O. The Kier molecular flexibility index (Phi) is 7.69. The van der Waals surface area contributed by atoms with E-state index in [0.717, 1.165) is 12.5 Å². The fraction of sp³-hybridized carbons (Fsp3) is 0.280. The van der Waals surface area contributed by atoms with Gasteiger partial charge in [0.25, 0.3) is 10.1 Å². The van der Waals surface area contributed by atoms with Crippen LogP contribution < -0.4 is 5.32 Å². The number of rotatable bonds is 6. The summed E-state index contributed by atoms with van der Waals surface area (Å²) in [6.07, 6.45) is 0. The summed E-state index contributed by atoms with van der Waals surface area (Å²) in [6, 6.07) is 23.5. The van der Waals surface area contributed by atoms with Crippen LogP contribution in [0.3, 0.4) is 0 Å². The van der Waals surface area contributed by atoms with E-state index in [1.807, 2.05) is 6.92 Å². The minimum atomic E-state index is -4.19. The molecule has 0 radical (unpaired) electrons. The number of fused-ring (bicyclic) bond motifs is 5. The minimum absolute atomic E-state index is 0.113. The maximum absolute atomic E-state index is 9.64. The van der Waals surface area contributed by atoms with E-state index in [0.29, 0.717) is 6.54 Å². The Hall–Kier alpha value is -2.59. The molecule has 176 valence electrons. The molecule has 0 saturated carbocycles. The van der Waals surface area contributed by atoms with Crippen molar-refractivity contribution in [1.82, 2.24) is 5.32 Å². The van der Waals surface area contributed by atoms with Crippen LogP contribution in [0, 0.1) is 0 Å². The van der Waals surface area contributed by atoms with Gasteiger partial charge in [0.15, 0.2) is 5.44 Å². The Balaban J connectivity index is 0.000000383. The minimum Gasteiger partial charge on any atom is -0.394 e. The quantitative estimate of drug-likeness (QED) is 0.216. The van der Waals surface area contributed by atoms with E-state index in [4.69, 9.17) is 9.66 Å². The van der Waals surface area contributed by atoms with Crippen molar-refractivity contribution >= 4 is 42.4 Å². The molecule has 0 fully saturated rings. The van der Waals surface area contributed by atoms with Crippen LogP contribution in [0.2, 0.25) is 0 Å². The van der Waals surface area contributed by atoms with Crippen molar-refractivity contribution in [2.45, 2.75) is 31.4 Å². The molecule has 0 aromatic heterocycles. The lowest BCUT2D eigenvalue weighted by molar-refractivity contribution is 0.103. The van der Waals surface area contributed by atoms with Gasteiger partial charge in [0.05, 0.1) is 18.8 Å². The van der Waals surface area contributed by atoms with E-state index < -0.39 is 21.1 Å². The molecule has 33 heavy (non-hydrogen) atoms. The predicted octanol–water partition coefficient (Wildman–Crippen LogP) is 3.19. The first-order valence-electron chi connectivity index (χ1n) is 10.5. The number of benzene rings is 4. The first kappa shape index (κ1) is 25.0. The summed E-state index contributed by atoms with van der Waals surface area (Å²) in [5, 5.41) is 37.9. The largest absolute Gasteiger partial charge is 0.394 e. The molecule has 0 heterocycles. The monoisotopic (exact) mass is 471 g/mol. The van der Waals surface area contributed by atoms with Crippen LogP contribution in [0.25, 0.3) is 32.3 Å². The van der Waals surface area contributed by atoms with Crippen molar-refractivity contribution < 1.29 is 28.3 Å². The van der Waals surface area contributed by atoms with Crippen LogP contribution in [0.15, 0.2) is 66.7 Å². The van der Waals surface area contributed by atoms with Gasteiger partial charge in [-0.25, -0.2) is 0 Å². The van der Waals surface area contributed by atoms with Crippen molar-refractivity contribution in [2.24, 2.45) is 0 Å². The van der Waals surface area contributed by atoms with Crippen molar-refractivity contribution in [1.29, 1.82) is 0 Å². The van der Waals surface area contributed by atoms with Crippen molar-refractivity contribution in [3.05, 3.63) is 72.3 Å². The molecule has 4 aromatic rings. The molecule has 0 aliphatic carbocycles. The molecule has 0 aliphatic rings. The van der Waals surface area contributed by atoms with E-state index in [1.54, 1.807) is 0 Å². The molecule has 0 saturated heterocycles. The van der Waals surface area contributed by atoms with Gasteiger partial charge in [-0.1, -0.05) is 60.7 Å². The third-order valence-electron chi connectivity index (χ3n) is 5.69. The lowest BCUT2D eigenvalue weighted by Gasteiger charge is -2.27. The number of hydrogen-bond donors (Lipinski definition) is 5. The summed E-state index contributed by atoms with van der Waals surface area (Å²) in [7, 11) is -4.19. The molecular weight excluding hydrogens is 442 g/mol. The maximum atomic E-state index is 9.64. The second-order valence-corrected chi connectivity index (χ2v) is 10.0. The zero-order valence-electron chi connectivity index (χ0n) is 18.6. The van der Waals surface area contributed by atoms with E-state index in [-0.39, 0.29) is 13.2 Å². The molecule has 0 amide bonds. The summed E-state index contributed by atoms with van der Waals surface area (Å²) in [5.74, 6) is 0. The third kappa shape index (κ3) is 5.67. The van der Waals surface area contributed by atoms with Crippen LogP contribution in [0.4, 0.5) is 0 Å². The number of hydrogen-bond acceptors (Lipinski definition) is 6. The Bertz CT molecular complexity index is 1360. The van der Waals surface area contributed by atoms with Crippen LogP contribution in [0.1, 0.15) is 19.4 Å². The van der Waals surface area contributed by atoms with Crippen LogP contribution in [-0.2, 0) is 16.7 Å². The van der Waals surface area contributed by atoms with Gasteiger partial charge in [-0.3, -0.25) is 4.55 Å². The molecule has 0 bridgehead atoms. The van der Waals surface area contributed by atoms with Gasteiger partial charge in [-0.15, -0.1) is 0 Å². The van der Waals surface area contributed by atoms with E-state index in [2.05, 4.69) is 72.0 Å². The highest BCUT2D eigenvalue weighted by molar-refractivity contribution is 7.86. The standard InChI is InChI=1S/C23H23NO2.C2H6O4S/c1-23(14-25,15-26)24-13-17-12-22-18-7-3-2-6-16(18)10-11-21(22)20-9-5-4-8-19(17)20;1-2(3)7(4,5)6/h2-12,24-26H,13-15H2,1H3;2-3H,1H3,(H,4,5,6). The molecule has 4 aromatic carbocycles. The highest BCUT2D eigenvalue weighted by Gasteiger charge is 2.21. The Morgan fingerprint density at radius 1 is 0.848 bits per heavy atom. The van der Waals surface area contributed by atoms with E-state index >= 15 is 0 Å². The second kappa shape index (κ2) is 10.1. The van der Waals surface area contributed by atoms with Gasteiger partial charge in [0.1, 0.15) is 0 Å². The Labute approximate surface area is 193 Å². The van der Waals surface area contributed by atoms with Crippen molar-refractivity contribution in [2.75, 3.05) is 13.2 Å². The molecule has 8 heteroatoms. The average Bonchev–Trinajstić information content (AvgIpc) is 2.82. The summed E-state index contributed by atoms with van der Waals surface area (Å²) < 4.78 is 27.1. The first-order valence-corrected chi connectivity index (χ1v) is 12.0. The van der Waals surface area contributed by atoms with Crippen molar-refractivity contribution in [3.63, 3.8) is 0 Å². The maximum Gasteiger partial charge on any atom is 0.291 e. The lowest BCUT2D eigenvalue weighted by Crippen LogP contribution is -2.48. The van der Waals surface area contributed by atoms with E-state index in [9.17, 15) is 18.6 Å². The molecule has 1 atom stereocenters. The summed E-state index contributed by atoms with van der Waals surface area (Å²) in [6.45, 7) is 3.15. The number of aliphatic hydroxyl groups excluding tert-OH is 3. The molecule has 1 unspecified atom stereocenters. The van der Waals surface area contributed by atoms with Gasteiger partial charge in [0, 0.05) is 6.54 Å². The molecule has 7 nitrogen and oxygen atoms in total. The molecule has 4 rings (SSSR count). The lowest BCUT2D eigenvalue weighted by atomic mass is 9.93. The molecule has 5 N–H and O–H groups in total. The normalized spacial score (nSPS) is 13.2. The highest BCUT2D eigenvalue weighted by atomic mass is 32.2. The van der Waals surface area contributed by atoms with Gasteiger partial charge < -0.3 is 20.6 Å². The van der Waals surface area contributed by atoms with Crippen LogP contribution >= 0.6 is 0 Å². The molecule has 0 spiro atoms. The van der Waals surface area contributed by atoms with Gasteiger partial charge in [0.2, 0.25) is 0 Å². The topological polar surface area (TPSA) is 127 Å². The van der Waals surface area contributed by atoms with E-state index in [1.165, 1.54) is 32.3 Å². The van der Waals surface area contributed by atoms with Gasteiger partial charge in [-0.05, 0) is 57.8 Å². The van der Waals surface area contributed by atoms with Crippen LogP contribution in [0.5, 0.6) is 0 Å². The number of aliphatic hydroxyl groups is 3. The summed E-state index contributed by atoms with van der Waals surface area (Å²) in [4.78, 5) is 0. The highest BCUT2D eigenvalue weighted by Crippen LogP contribution is 2.33. The third-order valence-corrected chi connectivity index (χ3v) is 6.55. The second-order valence-electron chi connectivity index (χ2n) is 8.31. The Morgan fingerprint density at radius 2 is 1.36 bits per heavy atom. The number of nitrogens with one attached hydrogen (secondary N) is 1. The summed E-state index contributed by atoms with van der Waals surface area (Å²) >= 11 is 0. The molecule has 0 aliphatic heterocycles. The fourth-order valence-electron chi connectivity index (χ4n) is 3.55. The fourth-order valence-corrected chi connectivity index (χ4v) is 3.55. The van der Waals surface area contributed by atoms with Crippen molar-refractivity contribution in [3.8, 4) is 0 Å². The van der Waals surface area contributed by atoms with Gasteiger partial charge >= 0.3 is 0 Å². The zero-order chi connectivity index (χ0) is 24.2. The van der Waals surface area contributed by atoms with Gasteiger partial charge in [-0.2, -0.15) is 8.42 Å². The molecular formula is C25H29NO6S. The first-order chi connectivity index (χ1) is 15.6. The summed E-state index contributed by atoms with van der Waals surface area (Å²) in [5.41, 5.74) is -1.21.